The van der Waals surface area contributed by atoms with E-state index in [4.69, 9.17) is 11.6 Å². The Morgan fingerprint density at radius 2 is 2.08 bits per heavy atom. The van der Waals surface area contributed by atoms with Crippen LogP contribution in [0.1, 0.15) is 22.3 Å². The number of aromatic nitrogens is 1. The van der Waals surface area contributed by atoms with Crippen molar-refractivity contribution in [3.8, 4) is 0 Å². The fourth-order valence-electron chi connectivity index (χ4n) is 2.92. The van der Waals surface area contributed by atoms with Gasteiger partial charge in [-0.2, -0.15) is 0 Å². The summed E-state index contributed by atoms with van der Waals surface area (Å²) < 4.78 is 14.0. The maximum Gasteiger partial charge on any atom is 0.256 e. The number of pyridine rings is 1. The largest absolute Gasteiger partial charge is 0.337 e. The molecule has 1 aromatic heterocycles. The van der Waals surface area contributed by atoms with Gasteiger partial charge < -0.3 is 4.90 Å². The zero-order chi connectivity index (χ0) is 16.9. The van der Waals surface area contributed by atoms with E-state index in [0.29, 0.717) is 18.1 Å². The average molecular weight is 348 g/mol. The molecule has 2 aromatic rings. The number of hydrogen-bond donors (Lipinski definition) is 0. The molecule has 1 aromatic carbocycles. The Morgan fingerprint density at radius 1 is 1.21 bits per heavy atom. The van der Waals surface area contributed by atoms with Gasteiger partial charge in [-0.3, -0.25) is 14.7 Å². The van der Waals surface area contributed by atoms with Crippen LogP contribution < -0.4 is 0 Å². The maximum absolute atomic E-state index is 14.0. The Morgan fingerprint density at radius 3 is 2.83 bits per heavy atom. The summed E-state index contributed by atoms with van der Waals surface area (Å²) in [5.74, 6) is -0.837. The molecular formula is C18H19ClFN3O. The van der Waals surface area contributed by atoms with Gasteiger partial charge in [-0.25, -0.2) is 4.39 Å². The molecule has 0 bridgehead atoms. The van der Waals surface area contributed by atoms with Crippen LogP contribution in [0, 0.1) is 5.82 Å². The van der Waals surface area contributed by atoms with Crippen LogP contribution in [0.3, 0.4) is 0 Å². The summed E-state index contributed by atoms with van der Waals surface area (Å²) in [6.07, 6.45) is 4.48. The standard InChI is InChI=1S/C18H19ClFN3O/c19-15-4-5-16(17(20)11-15)18(24)23-8-2-7-22(9-10-23)13-14-3-1-6-21-12-14/h1,3-6,11-12H,2,7-10,13H2. The van der Waals surface area contributed by atoms with Crippen LogP contribution in [0.5, 0.6) is 0 Å². The lowest BCUT2D eigenvalue weighted by atomic mass is 10.2. The zero-order valence-corrected chi connectivity index (χ0v) is 14.0. The first kappa shape index (κ1) is 16.9. The molecule has 0 saturated carbocycles. The van der Waals surface area contributed by atoms with Crippen LogP contribution >= 0.6 is 11.6 Å². The quantitative estimate of drug-likeness (QED) is 0.855. The van der Waals surface area contributed by atoms with Crippen molar-refractivity contribution in [2.24, 2.45) is 0 Å². The Hall–Kier alpha value is -1.98. The highest BCUT2D eigenvalue weighted by Gasteiger charge is 2.22. The first-order valence-corrected chi connectivity index (χ1v) is 8.37. The van der Waals surface area contributed by atoms with Crippen LogP contribution in [-0.2, 0) is 6.54 Å². The molecule has 1 aliphatic rings. The van der Waals surface area contributed by atoms with Gasteiger partial charge >= 0.3 is 0 Å². The molecule has 4 nitrogen and oxygen atoms in total. The molecule has 1 fully saturated rings. The summed E-state index contributed by atoms with van der Waals surface area (Å²) in [6.45, 7) is 3.69. The second kappa shape index (κ2) is 7.73. The minimum absolute atomic E-state index is 0.0834. The first-order chi connectivity index (χ1) is 11.6. The fourth-order valence-corrected chi connectivity index (χ4v) is 3.07. The van der Waals surface area contributed by atoms with Gasteiger partial charge in [0.05, 0.1) is 5.56 Å². The summed E-state index contributed by atoms with van der Waals surface area (Å²) >= 11 is 5.75. The predicted molar refractivity (Wildman–Crippen MR) is 91.4 cm³/mol. The van der Waals surface area contributed by atoms with E-state index in [9.17, 15) is 9.18 Å². The summed E-state index contributed by atoms with van der Waals surface area (Å²) in [5.41, 5.74) is 1.24. The molecule has 1 amide bonds. The van der Waals surface area contributed by atoms with Crippen molar-refractivity contribution in [1.82, 2.24) is 14.8 Å². The minimum atomic E-state index is -0.566. The molecular weight excluding hydrogens is 329 g/mol. The van der Waals surface area contributed by atoms with Crippen molar-refractivity contribution in [3.63, 3.8) is 0 Å². The minimum Gasteiger partial charge on any atom is -0.337 e. The number of carbonyl (C=O) groups is 1. The van der Waals surface area contributed by atoms with Gasteiger partial charge in [-0.05, 0) is 36.2 Å². The third-order valence-corrected chi connectivity index (χ3v) is 4.40. The molecule has 0 atom stereocenters. The predicted octanol–water partition coefficient (Wildman–Crippen LogP) is 3.22. The molecule has 0 radical (unpaired) electrons. The first-order valence-electron chi connectivity index (χ1n) is 7.99. The molecule has 0 spiro atoms. The van der Waals surface area contributed by atoms with E-state index in [1.54, 1.807) is 17.2 Å². The number of rotatable bonds is 3. The Bertz CT molecular complexity index is 711. The second-order valence-electron chi connectivity index (χ2n) is 5.91. The van der Waals surface area contributed by atoms with Crippen LogP contribution in [-0.4, -0.2) is 46.9 Å². The summed E-state index contributed by atoms with van der Waals surface area (Å²) in [7, 11) is 0. The van der Waals surface area contributed by atoms with Crippen molar-refractivity contribution in [2.45, 2.75) is 13.0 Å². The molecule has 6 heteroatoms. The number of halogens is 2. The van der Waals surface area contributed by atoms with Crippen LogP contribution in [0.2, 0.25) is 5.02 Å². The van der Waals surface area contributed by atoms with Gasteiger partial charge in [0.25, 0.3) is 5.91 Å². The van der Waals surface area contributed by atoms with E-state index in [0.717, 1.165) is 31.6 Å². The summed E-state index contributed by atoms with van der Waals surface area (Å²) in [6, 6.07) is 8.15. The third kappa shape index (κ3) is 4.10. The van der Waals surface area contributed by atoms with Crippen LogP contribution in [0.25, 0.3) is 0 Å². The van der Waals surface area contributed by atoms with Gasteiger partial charge in [0.2, 0.25) is 0 Å². The Labute approximate surface area is 145 Å². The number of nitrogens with zero attached hydrogens (tertiary/aromatic N) is 3. The average Bonchev–Trinajstić information content (AvgIpc) is 2.81. The third-order valence-electron chi connectivity index (χ3n) is 4.17. The van der Waals surface area contributed by atoms with Gasteiger partial charge in [-0.1, -0.05) is 17.7 Å². The molecule has 1 saturated heterocycles. The van der Waals surface area contributed by atoms with Crippen LogP contribution in [0.4, 0.5) is 4.39 Å². The zero-order valence-electron chi connectivity index (χ0n) is 13.3. The van der Waals surface area contributed by atoms with Crippen molar-refractivity contribution >= 4 is 17.5 Å². The molecule has 3 rings (SSSR count). The normalized spacial score (nSPS) is 16.0. The van der Waals surface area contributed by atoms with E-state index < -0.39 is 5.82 Å². The lowest BCUT2D eigenvalue weighted by molar-refractivity contribution is 0.0756. The van der Waals surface area contributed by atoms with E-state index in [-0.39, 0.29) is 11.5 Å². The molecule has 0 unspecified atom stereocenters. The topological polar surface area (TPSA) is 36.4 Å². The lowest BCUT2D eigenvalue weighted by Crippen LogP contribution is -2.35. The second-order valence-corrected chi connectivity index (χ2v) is 6.34. The summed E-state index contributed by atoms with van der Waals surface area (Å²) in [4.78, 5) is 20.7. The fraction of sp³-hybridized carbons (Fsp3) is 0.333. The van der Waals surface area contributed by atoms with Crippen molar-refractivity contribution in [2.75, 3.05) is 26.2 Å². The number of benzene rings is 1. The van der Waals surface area contributed by atoms with E-state index in [1.807, 2.05) is 18.3 Å². The van der Waals surface area contributed by atoms with Gasteiger partial charge in [0, 0.05) is 50.1 Å². The number of hydrogen-bond acceptors (Lipinski definition) is 3. The van der Waals surface area contributed by atoms with E-state index in [1.165, 1.54) is 12.1 Å². The van der Waals surface area contributed by atoms with Crippen molar-refractivity contribution < 1.29 is 9.18 Å². The van der Waals surface area contributed by atoms with Crippen molar-refractivity contribution in [1.29, 1.82) is 0 Å². The molecule has 24 heavy (non-hydrogen) atoms. The Balaban J connectivity index is 1.63. The molecule has 126 valence electrons. The monoisotopic (exact) mass is 347 g/mol. The highest BCUT2D eigenvalue weighted by Crippen LogP contribution is 2.17. The van der Waals surface area contributed by atoms with Crippen LogP contribution in [0.15, 0.2) is 42.7 Å². The summed E-state index contributed by atoms with van der Waals surface area (Å²) in [5, 5.41) is 0.294. The Kier molecular flexibility index (Phi) is 5.43. The van der Waals surface area contributed by atoms with E-state index in [2.05, 4.69) is 9.88 Å². The molecule has 2 heterocycles. The van der Waals surface area contributed by atoms with E-state index >= 15 is 0 Å². The number of amides is 1. The van der Waals surface area contributed by atoms with Gasteiger partial charge in [0.1, 0.15) is 5.82 Å². The molecule has 0 N–H and O–H groups in total. The number of carbonyl (C=O) groups excluding carboxylic acids is 1. The highest BCUT2D eigenvalue weighted by atomic mass is 35.5. The SMILES string of the molecule is O=C(c1ccc(Cl)cc1F)N1CCCN(Cc2cccnc2)CC1. The van der Waals surface area contributed by atoms with Crippen molar-refractivity contribution in [3.05, 3.63) is 64.7 Å². The smallest absolute Gasteiger partial charge is 0.256 e. The van der Waals surface area contributed by atoms with Gasteiger partial charge in [-0.15, -0.1) is 0 Å². The highest BCUT2D eigenvalue weighted by molar-refractivity contribution is 6.30. The van der Waals surface area contributed by atoms with Gasteiger partial charge in [0.15, 0.2) is 0 Å². The lowest BCUT2D eigenvalue weighted by Gasteiger charge is -2.22. The maximum atomic E-state index is 14.0. The molecule has 0 aliphatic carbocycles. The molecule has 1 aliphatic heterocycles.